The molecule has 2 aromatic rings. The molecule has 0 fully saturated rings. The molecule has 0 atom stereocenters. The molecule has 0 aliphatic heterocycles. The number of rotatable bonds is 4. The molecule has 1 N–H and O–H groups in total. The Morgan fingerprint density at radius 1 is 0.957 bits per heavy atom. The first kappa shape index (κ1) is 15.9. The van der Waals surface area contributed by atoms with E-state index in [1.165, 1.54) is 22.3 Å². The van der Waals surface area contributed by atoms with Gasteiger partial charge in [0, 0.05) is 0 Å². The van der Waals surface area contributed by atoms with Gasteiger partial charge in [0.1, 0.15) is 5.75 Å². The molecule has 0 heterocycles. The lowest BCUT2D eigenvalue weighted by molar-refractivity contribution is 0.454. The molecule has 1 aliphatic rings. The second kappa shape index (κ2) is 6.23. The number of hydrogen-bond acceptors (Lipinski definition) is 1. The number of benzene rings is 2. The van der Waals surface area contributed by atoms with Gasteiger partial charge in [-0.3, -0.25) is 0 Å². The predicted molar refractivity (Wildman–Crippen MR) is 98.1 cm³/mol. The van der Waals surface area contributed by atoms with E-state index in [1.807, 2.05) is 0 Å². The summed E-state index contributed by atoms with van der Waals surface area (Å²) in [7, 11) is 0. The summed E-state index contributed by atoms with van der Waals surface area (Å²) in [4.78, 5) is 0. The first-order chi connectivity index (χ1) is 11.0. The average molecular weight is 306 g/mol. The quantitative estimate of drug-likeness (QED) is 0.754. The predicted octanol–water partition coefficient (Wildman–Crippen LogP) is 5.82. The maximum Gasteiger partial charge on any atom is 0.122 e. The molecule has 0 radical (unpaired) electrons. The Labute approximate surface area is 139 Å². The lowest BCUT2D eigenvalue weighted by Gasteiger charge is -2.18. The van der Waals surface area contributed by atoms with Gasteiger partial charge in [-0.15, -0.1) is 0 Å². The second-order valence-electron chi connectivity index (χ2n) is 7.20. The van der Waals surface area contributed by atoms with Gasteiger partial charge in [0.15, 0.2) is 0 Å². The number of fused-ring (bicyclic) bond motifs is 1. The minimum atomic E-state index is 0.331. The normalized spacial score (nSPS) is 13.6. The van der Waals surface area contributed by atoms with Crippen LogP contribution in [0.2, 0.25) is 0 Å². The minimum absolute atomic E-state index is 0.331. The van der Waals surface area contributed by atoms with Crippen LogP contribution in [0.5, 0.6) is 5.75 Å². The smallest absolute Gasteiger partial charge is 0.122 e. The van der Waals surface area contributed by atoms with Crippen LogP contribution in [-0.2, 0) is 12.8 Å². The summed E-state index contributed by atoms with van der Waals surface area (Å²) in [6.45, 7) is 8.58. The van der Waals surface area contributed by atoms with Crippen LogP contribution < -0.4 is 0 Å². The topological polar surface area (TPSA) is 20.2 Å². The number of aromatic hydroxyl groups is 1. The molecule has 1 aliphatic carbocycles. The van der Waals surface area contributed by atoms with Crippen LogP contribution in [0.1, 0.15) is 67.3 Å². The van der Waals surface area contributed by atoms with Crippen molar-refractivity contribution >= 4 is 5.57 Å². The molecule has 0 bridgehead atoms. The molecule has 0 spiro atoms. The standard InChI is InChI=1S/C22H26O/c1-14(2)20-12-16(13-21(15(3)4)22(20)23)11-18-10-9-17-7-5-6-8-19(17)18/h5-8,10,12-15,23H,9,11H2,1-4H3. The van der Waals surface area contributed by atoms with Gasteiger partial charge in [0.05, 0.1) is 0 Å². The van der Waals surface area contributed by atoms with Crippen molar-refractivity contribution in [2.24, 2.45) is 0 Å². The van der Waals surface area contributed by atoms with Gasteiger partial charge >= 0.3 is 0 Å². The lowest BCUT2D eigenvalue weighted by atomic mass is 9.89. The fourth-order valence-electron chi connectivity index (χ4n) is 3.47. The molecule has 23 heavy (non-hydrogen) atoms. The van der Waals surface area contributed by atoms with Crippen molar-refractivity contribution in [2.45, 2.75) is 52.4 Å². The zero-order valence-corrected chi connectivity index (χ0v) is 14.6. The Balaban J connectivity index is 1.98. The Hall–Kier alpha value is -2.02. The Kier molecular flexibility index (Phi) is 4.30. The molecular weight excluding hydrogens is 280 g/mol. The van der Waals surface area contributed by atoms with Crippen molar-refractivity contribution in [1.29, 1.82) is 0 Å². The first-order valence-corrected chi connectivity index (χ1v) is 8.60. The molecule has 0 saturated carbocycles. The highest BCUT2D eigenvalue weighted by Crippen LogP contribution is 2.37. The van der Waals surface area contributed by atoms with Crippen LogP contribution in [0, 0.1) is 0 Å². The molecule has 1 heteroatoms. The van der Waals surface area contributed by atoms with Crippen molar-refractivity contribution in [2.75, 3.05) is 0 Å². The van der Waals surface area contributed by atoms with E-state index in [9.17, 15) is 5.11 Å². The summed E-state index contributed by atoms with van der Waals surface area (Å²) in [5.74, 6) is 1.15. The Bertz CT molecular complexity index is 721. The molecule has 3 rings (SSSR count). The van der Waals surface area contributed by atoms with E-state index >= 15 is 0 Å². The molecule has 1 nitrogen and oxygen atoms in total. The van der Waals surface area contributed by atoms with Crippen molar-refractivity contribution in [3.8, 4) is 5.75 Å². The van der Waals surface area contributed by atoms with E-state index in [1.54, 1.807) is 0 Å². The Morgan fingerprint density at radius 2 is 1.57 bits per heavy atom. The van der Waals surface area contributed by atoms with Crippen molar-refractivity contribution in [3.63, 3.8) is 0 Å². The first-order valence-electron chi connectivity index (χ1n) is 8.60. The largest absolute Gasteiger partial charge is 0.507 e. The number of phenols is 1. The maximum absolute atomic E-state index is 10.6. The zero-order chi connectivity index (χ0) is 16.6. The summed E-state index contributed by atoms with van der Waals surface area (Å²) in [5, 5.41) is 10.6. The molecule has 120 valence electrons. The van der Waals surface area contributed by atoms with Crippen LogP contribution in [0.3, 0.4) is 0 Å². The summed E-state index contributed by atoms with van der Waals surface area (Å²) < 4.78 is 0. The summed E-state index contributed by atoms with van der Waals surface area (Å²) >= 11 is 0. The fourth-order valence-corrected chi connectivity index (χ4v) is 3.47. The van der Waals surface area contributed by atoms with Gasteiger partial charge in [-0.25, -0.2) is 0 Å². The van der Waals surface area contributed by atoms with E-state index in [0.29, 0.717) is 17.6 Å². The molecule has 0 amide bonds. The van der Waals surface area contributed by atoms with Crippen LogP contribution in [-0.4, -0.2) is 5.11 Å². The second-order valence-corrected chi connectivity index (χ2v) is 7.20. The van der Waals surface area contributed by atoms with Gasteiger partial charge in [-0.1, -0.05) is 70.2 Å². The minimum Gasteiger partial charge on any atom is -0.507 e. The third-order valence-electron chi connectivity index (χ3n) is 4.80. The maximum atomic E-state index is 10.6. The molecule has 0 unspecified atom stereocenters. The van der Waals surface area contributed by atoms with Gasteiger partial charge in [0.25, 0.3) is 0 Å². The summed E-state index contributed by atoms with van der Waals surface area (Å²) in [5.41, 5.74) is 7.66. The molecular formula is C22H26O. The Morgan fingerprint density at radius 3 is 2.17 bits per heavy atom. The van der Waals surface area contributed by atoms with Crippen LogP contribution in [0.15, 0.2) is 42.5 Å². The summed E-state index contributed by atoms with van der Waals surface area (Å²) in [6.07, 6.45) is 4.33. The van der Waals surface area contributed by atoms with Crippen molar-refractivity contribution in [1.82, 2.24) is 0 Å². The SMILES string of the molecule is CC(C)c1cc(CC2=CCc3ccccc32)cc(C(C)C)c1O. The number of phenolic OH excluding ortho intramolecular Hbond substituents is 1. The van der Waals surface area contributed by atoms with Gasteiger partial charge in [-0.05, 0) is 58.1 Å². The van der Waals surface area contributed by atoms with E-state index in [2.05, 4.69) is 70.2 Å². The van der Waals surface area contributed by atoms with Gasteiger partial charge in [0.2, 0.25) is 0 Å². The third-order valence-corrected chi connectivity index (χ3v) is 4.80. The van der Waals surface area contributed by atoms with Gasteiger partial charge < -0.3 is 5.11 Å². The third kappa shape index (κ3) is 3.06. The van der Waals surface area contributed by atoms with Crippen molar-refractivity contribution < 1.29 is 5.11 Å². The van der Waals surface area contributed by atoms with Gasteiger partial charge in [-0.2, -0.15) is 0 Å². The average Bonchev–Trinajstić information content (AvgIpc) is 2.91. The van der Waals surface area contributed by atoms with E-state index in [0.717, 1.165) is 24.0 Å². The van der Waals surface area contributed by atoms with Crippen LogP contribution in [0.25, 0.3) is 5.57 Å². The van der Waals surface area contributed by atoms with E-state index in [-0.39, 0.29) is 0 Å². The highest BCUT2D eigenvalue weighted by Gasteiger charge is 2.18. The van der Waals surface area contributed by atoms with E-state index in [4.69, 9.17) is 0 Å². The molecule has 0 aromatic heterocycles. The van der Waals surface area contributed by atoms with Crippen LogP contribution >= 0.6 is 0 Å². The highest BCUT2D eigenvalue weighted by atomic mass is 16.3. The monoisotopic (exact) mass is 306 g/mol. The molecule has 0 saturated heterocycles. The summed E-state index contributed by atoms with van der Waals surface area (Å²) in [6, 6.07) is 13.1. The van der Waals surface area contributed by atoms with Crippen LogP contribution in [0.4, 0.5) is 0 Å². The highest BCUT2D eigenvalue weighted by molar-refractivity contribution is 5.74. The fraction of sp³-hybridized carbons (Fsp3) is 0.364. The zero-order valence-electron chi connectivity index (χ0n) is 14.6. The molecule has 2 aromatic carbocycles. The lowest BCUT2D eigenvalue weighted by Crippen LogP contribution is -1.99. The number of allylic oxidation sites excluding steroid dienone is 2. The number of hydrogen-bond donors (Lipinski definition) is 1. The van der Waals surface area contributed by atoms with E-state index < -0.39 is 0 Å². The van der Waals surface area contributed by atoms with Crippen molar-refractivity contribution in [3.05, 3.63) is 70.3 Å².